The lowest BCUT2D eigenvalue weighted by molar-refractivity contribution is 0.0628. The highest BCUT2D eigenvalue weighted by atomic mass is 32.2. The molecule has 2 aromatic carbocycles. The normalized spacial score (nSPS) is 12.4. The molecule has 1 amide bonds. The lowest BCUT2D eigenvalue weighted by Gasteiger charge is -2.33. The van der Waals surface area contributed by atoms with Crippen LogP contribution in [0.25, 0.3) is 0 Å². The standard InChI is InChI=1S/C25H37N3O4S/c1-8-15-33(30,31)26-22-11-14-24(27(5)6)21(16-22)17-28(19(4)18(2)3)25(29)20-9-12-23(32-7)13-10-20/h9-14,16,18-19,26H,8,15,17H2,1-7H3. The number of nitrogens with zero attached hydrogens (tertiary/aromatic N) is 2. The van der Waals surface area contributed by atoms with E-state index in [1.54, 1.807) is 37.4 Å². The number of sulfonamides is 1. The molecule has 0 saturated heterocycles. The van der Waals surface area contributed by atoms with Gasteiger partial charge in [0.25, 0.3) is 5.91 Å². The molecular weight excluding hydrogens is 438 g/mol. The Hall–Kier alpha value is -2.74. The van der Waals surface area contributed by atoms with Gasteiger partial charge in [0.1, 0.15) is 5.75 Å². The zero-order valence-corrected chi connectivity index (χ0v) is 21.6. The minimum absolute atomic E-state index is 0.0324. The lowest BCUT2D eigenvalue weighted by atomic mass is 10.0. The average Bonchev–Trinajstić information content (AvgIpc) is 2.76. The predicted molar refractivity (Wildman–Crippen MR) is 136 cm³/mol. The largest absolute Gasteiger partial charge is 0.497 e. The number of amides is 1. The van der Waals surface area contributed by atoms with E-state index in [1.807, 2.05) is 49.9 Å². The summed E-state index contributed by atoms with van der Waals surface area (Å²) >= 11 is 0. The molecule has 0 aromatic heterocycles. The molecule has 0 saturated carbocycles. The van der Waals surface area contributed by atoms with Gasteiger partial charge in [0.05, 0.1) is 12.9 Å². The third-order valence-electron chi connectivity index (χ3n) is 5.70. The summed E-state index contributed by atoms with van der Waals surface area (Å²) in [6, 6.07) is 12.5. The van der Waals surface area contributed by atoms with E-state index in [0.717, 1.165) is 11.3 Å². The summed E-state index contributed by atoms with van der Waals surface area (Å²) in [5.74, 6) is 0.906. The van der Waals surface area contributed by atoms with E-state index < -0.39 is 10.0 Å². The number of ether oxygens (including phenoxy) is 1. The minimum Gasteiger partial charge on any atom is -0.497 e. The molecule has 33 heavy (non-hydrogen) atoms. The van der Waals surface area contributed by atoms with Gasteiger partial charge >= 0.3 is 0 Å². The summed E-state index contributed by atoms with van der Waals surface area (Å²) < 4.78 is 32.5. The number of hydrogen-bond donors (Lipinski definition) is 1. The third-order valence-corrected chi connectivity index (χ3v) is 7.19. The Kier molecular flexibility index (Phi) is 9.16. The molecule has 2 aromatic rings. The SMILES string of the molecule is CCCS(=O)(=O)Nc1ccc(N(C)C)c(CN(C(=O)c2ccc(OC)cc2)C(C)C(C)C)c1. The van der Waals surface area contributed by atoms with Crippen molar-refractivity contribution in [3.63, 3.8) is 0 Å². The summed E-state index contributed by atoms with van der Waals surface area (Å²) in [6.07, 6.45) is 0.536. The van der Waals surface area contributed by atoms with E-state index >= 15 is 0 Å². The Labute approximate surface area is 198 Å². The first-order valence-electron chi connectivity index (χ1n) is 11.2. The summed E-state index contributed by atoms with van der Waals surface area (Å²) in [5, 5.41) is 0. The fourth-order valence-electron chi connectivity index (χ4n) is 3.55. The summed E-state index contributed by atoms with van der Waals surface area (Å²) in [5.41, 5.74) is 2.87. The van der Waals surface area contributed by atoms with Crippen LogP contribution in [0.4, 0.5) is 11.4 Å². The molecule has 1 unspecified atom stereocenters. The zero-order chi connectivity index (χ0) is 24.8. The van der Waals surface area contributed by atoms with Crippen molar-refractivity contribution >= 4 is 27.3 Å². The highest BCUT2D eigenvalue weighted by molar-refractivity contribution is 7.92. The number of nitrogens with one attached hydrogen (secondary N) is 1. The van der Waals surface area contributed by atoms with Crippen LogP contribution < -0.4 is 14.4 Å². The molecule has 0 heterocycles. The molecule has 2 rings (SSSR count). The number of benzene rings is 2. The molecule has 0 spiro atoms. The van der Waals surface area contributed by atoms with Crippen molar-refractivity contribution < 1.29 is 17.9 Å². The second-order valence-electron chi connectivity index (χ2n) is 8.81. The molecular formula is C25H37N3O4S. The number of carbonyl (C=O) groups excluding carboxylic acids is 1. The molecule has 1 N–H and O–H groups in total. The Bertz CT molecular complexity index is 1030. The Balaban J connectivity index is 2.46. The van der Waals surface area contributed by atoms with Gasteiger partial charge in [-0.2, -0.15) is 0 Å². The second-order valence-corrected chi connectivity index (χ2v) is 10.6. The van der Waals surface area contributed by atoms with Crippen molar-refractivity contribution in [1.29, 1.82) is 0 Å². The smallest absolute Gasteiger partial charge is 0.254 e. The van der Waals surface area contributed by atoms with Crippen molar-refractivity contribution in [2.24, 2.45) is 5.92 Å². The van der Waals surface area contributed by atoms with Crippen molar-refractivity contribution in [3.05, 3.63) is 53.6 Å². The van der Waals surface area contributed by atoms with E-state index in [0.29, 0.717) is 30.0 Å². The van der Waals surface area contributed by atoms with Crippen LogP contribution in [0.3, 0.4) is 0 Å². The Morgan fingerprint density at radius 1 is 1.06 bits per heavy atom. The number of rotatable bonds is 11. The monoisotopic (exact) mass is 475 g/mol. The van der Waals surface area contributed by atoms with Crippen LogP contribution in [-0.2, 0) is 16.6 Å². The number of carbonyl (C=O) groups is 1. The number of methoxy groups -OCH3 is 1. The fourth-order valence-corrected chi connectivity index (χ4v) is 4.68. The van der Waals surface area contributed by atoms with Crippen molar-refractivity contribution in [2.45, 2.75) is 46.7 Å². The van der Waals surface area contributed by atoms with Crippen LogP contribution in [0.15, 0.2) is 42.5 Å². The molecule has 0 radical (unpaired) electrons. The van der Waals surface area contributed by atoms with Gasteiger partial charge in [0.15, 0.2) is 0 Å². The van der Waals surface area contributed by atoms with Gasteiger partial charge in [-0.15, -0.1) is 0 Å². The molecule has 0 fully saturated rings. The van der Waals surface area contributed by atoms with E-state index in [2.05, 4.69) is 18.6 Å². The minimum atomic E-state index is -3.41. The van der Waals surface area contributed by atoms with E-state index in [4.69, 9.17) is 4.74 Å². The maximum absolute atomic E-state index is 13.5. The first-order chi connectivity index (χ1) is 15.5. The Morgan fingerprint density at radius 2 is 1.70 bits per heavy atom. The van der Waals surface area contributed by atoms with Gasteiger partial charge < -0.3 is 14.5 Å². The van der Waals surface area contributed by atoms with Crippen LogP contribution in [0.5, 0.6) is 5.75 Å². The van der Waals surface area contributed by atoms with Gasteiger partial charge in [-0.25, -0.2) is 8.42 Å². The molecule has 0 aliphatic rings. The molecule has 0 bridgehead atoms. The van der Waals surface area contributed by atoms with Gasteiger partial charge in [0, 0.05) is 43.6 Å². The first kappa shape index (κ1) is 26.5. The van der Waals surface area contributed by atoms with Crippen LogP contribution in [0, 0.1) is 5.92 Å². The topological polar surface area (TPSA) is 79.0 Å². The summed E-state index contributed by atoms with van der Waals surface area (Å²) in [4.78, 5) is 17.3. The molecule has 0 aliphatic heterocycles. The van der Waals surface area contributed by atoms with Crippen LogP contribution in [0.1, 0.15) is 50.0 Å². The third kappa shape index (κ3) is 7.12. The molecule has 0 aliphatic carbocycles. The van der Waals surface area contributed by atoms with Crippen molar-refractivity contribution in [1.82, 2.24) is 4.90 Å². The molecule has 7 nitrogen and oxygen atoms in total. The van der Waals surface area contributed by atoms with E-state index in [9.17, 15) is 13.2 Å². The summed E-state index contributed by atoms with van der Waals surface area (Å²) in [7, 11) is 2.04. The maximum Gasteiger partial charge on any atom is 0.254 e. The zero-order valence-electron chi connectivity index (χ0n) is 20.8. The maximum atomic E-state index is 13.5. The first-order valence-corrected chi connectivity index (χ1v) is 12.9. The fraction of sp³-hybridized carbons (Fsp3) is 0.480. The summed E-state index contributed by atoms with van der Waals surface area (Å²) in [6.45, 7) is 8.38. The van der Waals surface area contributed by atoms with Crippen molar-refractivity contribution in [2.75, 3.05) is 36.6 Å². The van der Waals surface area contributed by atoms with E-state index in [1.165, 1.54) is 0 Å². The van der Waals surface area contributed by atoms with Crippen LogP contribution >= 0.6 is 0 Å². The highest BCUT2D eigenvalue weighted by Crippen LogP contribution is 2.28. The number of hydrogen-bond acceptors (Lipinski definition) is 5. The number of anilines is 2. The van der Waals surface area contributed by atoms with Gasteiger partial charge in [-0.3, -0.25) is 9.52 Å². The average molecular weight is 476 g/mol. The van der Waals surface area contributed by atoms with Gasteiger partial charge in [-0.05, 0) is 67.3 Å². The van der Waals surface area contributed by atoms with Gasteiger partial charge in [0.2, 0.25) is 10.0 Å². The van der Waals surface area contributed by atoms with Crippen molar-refractivity contribution in [3.8, 4) is 5.75 Å². The van der Waals surface area contributed by atoms with Crippen LogP contribution in [-0.4, -0.2) is 52.2 Å². The highest BCUT2D eigenvalue weighted by Gasteiger charge is 2.25. The van der Waals surface area contributed by atoms with E-state index in [-0.39, 0.29) is 23.6 Å². The lowest BCUT2D eigenvalue weighted by Crippen LogP contribution is -2.41. The van der Waals surface area contributed by atoms with Crippen LogP contribution in [0.2, 0.25) is 0 Å². The quantitative estimate of drug-likeness (QED) is 0.514. The van der Waals surface area contributed by atoms with Gasteiger partial charge in [-0.1, -0.05) is 20.8 Å². The predicted octanol–water partition coefficient (Wildman–Crippen LogP) is 4.60. The second kappa shape index (κ2) is 11.4. The molecule has 8 heteroatoms. The molecule has 1 atom stereocenters. The molecule has 182 valence electrons. The Morgan fingerprint density at radius 3 is 2.21 bits per heavy atom.